The first-order valence-electron chi connectivity index (χ1n) is 10.8. The molecule has 0 radical (unpaired) electrons. The summed E-state index contributed by atoms with van der Waals surface area (Å²) >= 11 is 3.40. The van der Waals surface area contributed by atoms with Crippen LogP contribution >= 0.6 is 15.9 Å². The van der Waals surface area contributed by atoms with Crippen molar-refractivity contribution >= 4 is 24.5 Å². The molecule has 0 spiro atoms. The summed E-state index contributed by atoms with van der Waals surface area (Å²) in [4.78, 5) is 0. The van der Waals surface area contributed by atoms with Gasteiger partial charge < -0.3 is 8.85 Å². The SMILES string of the molecule is CCCCCCCCCCCCO[Si](CC)(CC)Oc1ccc(F)cc1Br. The van der Waals surface area contributed by atoms with E-state index in [1.54, 1.807) is 6.07 Å². The maximum atomic E-state index is 13.3. The molecule has 2 nitrogen and oxygen atoms in total. The number of benzene rings is 1. The minimum atomic E-state index is -2.28. The molecule has 0 bridgehead atoms. The first kappa shape index (κ1) is 24.6. The van der Waals surface area contributed by atoms with Crippen molar-refractivity contribution in [3.8, 4) is 5.75 Å². The van der Waals surface area contributed by atoms with Crippen LogP contribution in [0.1, 0.15) is 85.0 Å². The van der Waals surface area contributed by atoms with E-state index in [9.17, 15) is 4.39 Å². The summed E-state index contributed by atoms with van der Waals surface area (Å²) in [6.07, 6.45) is 13.2. The molecule has 0 aliphatic rings. The average molecular weight is 462 g/mol. The predicted molar refractivity (Wildman–Crippen MR) is 119 cm³/mol. The Morgan fingerprint density at radius 2 is 1.41 bits per heavy atom. The van der Waals surface area contributed by atoms with E-state index in [1.165, 1.54) is 69.9 Å². The van der Waals surface area contributed by atoms with Crippen LogP contribution < -0.4 is 4.43 Å². The standard InChI is InChI=1S/C22H38BrFO2Si/c1-4-7-8-9-10-11-12-13-14-15-18-25-27(5-2,6-3)26-22-17-16-20(24)19-21(22)23/h16-17,19H,4-15,18H2,1-3H3. The van der Waals surface area contributed by atoms with E-state index in [0.717, 1.165) is 25.1 Å². The van der Waals surface area contributed by atoms with Crippen molar-refractivity contribution < 1.29 is 13.2 Å². The van der Waals surface area contributed by atoms with Gasteiger partial charge in [-0.3, -0.25) is 0 Å². The second kappa shape index (κ2) is 14.6. The summed E-state index contributed by atoms with van der Waals surface area (Å²) < 4.78 is 26.5. The van der Waals surface area contributed by atoms with Crippen LogP contribution in [0.25, 0.3) is 0 Å². The van der Waals surface area contributed by atoms with Crippen molar-refractivity contribution in [1.29, 1.82) is 0 Å². The molecule has 0 N–H and O–H groups in total. The molecule has 0 atom stereocenters. The molecular weight excluding hydrogens is 423 g/mol. The third-order valence-electron chi connectivity index (χ3n) is 5.13. The van der Waals surface area contributed by atoms with E-state index in [2.05, 4.69) is 36.7 Å². The van der Waals surface area contributed by atoms with Crippen LogP contribution in [0.2, 0.25) is 12.1 Å². The fourth-order valence-corrected chi connectivity index (χ4v) is 6.17. The fraction of sp³-hybridized carbons (Fsp3) is 0.727. The van der Waals surface area contributed by atoms with E-state index in [4.69, 9.17) is 8.85 Å². The Balaban J connectivity index is 2.26. The lowest BCUT2D eigenvalue weighted by Gasteiger charge is -2.30. The van der Waals surface area contributed by atoms with Crippen LogP contribution in [0.15, 0.2) is 22.7 Å². The lowest BCUT2D eigenvalue weighted by Crippen LogP contribution is -2.44. The first-order valence-corrected chi connectivity index (χ1v) is 13.9. The number of unbranched alkanes of at least 4 members (excludes halogenated alkanes) is 9. The molecule has 0 aromatic heterocycles. The molecular formula is C22H38BrFO2Si. The Morgan fingerprint density at radius 1 is 0.852 bits per heavy atom. The van der Waals surface area contributed by atoms with Crippen LogP contribution in [0, 0.1) is 5.82 Å². The summed E-state index contributed by atoms with van der Waals surface area (Å²) in [6.45, 7) is 7.29. The van der Waals surface area contributed by atoms with Crippen molar-refractivity contribution in [2.24, 2.45) is 0 Å². The third-order valence-corrected chi connectivity index (χ3v) is 9.23. The Hall–Kier alpha value is -0.393. The second-order valence-electron chi connectivity index (χ2n) is 7.33. The Kier molecular flexibility index (Phi) is 13.3. The van der Waals surface area contributed by atoms with Gasteiger partial charge in [-0.05, 0) is 52.6 Å². The number of rotatable bonds is 16. The fourth-order valence-electron chi connectivity index (χ4n) is 3.23. The van der Waals surface area contributed by atoms with Gasteiger partial charge in [0.1, 0.15) is 11.6 Å². The molecule has 0 aliphatic heterocycles. The molecule has 156 valence electrons. The van der Waals surface area contributed by atoms with Crippen molar-refractivity contribution in [3.63, 3.8) is 0 Å². The summed E-state index contributed by atoms with van der Waals surface area (Å²) in [5.74, 6) is 0.426. The average Bonchev–Trinajstić information content (AvgIpc) is 2.67. The van der Waals surface area contributed by atoms with Gasteiger partial charge in [-0.1, -0.05) is 78.6 Å². The second-order valence-corrected chi connectivity index (χ2v) is 11.9. The molecule has 27 heavy (non-hydrogen) atoms. The maximum absolute atomic E-state index is 13.3. The van der Waals surface area contributed by atoms with E-state index < -0.39 is 8.56 Å². The molecule has 1 rings (SSSR count). The maximum Gasteiger partial charge on any atom is 0.398 e. The van der Waals surface area contributed by atoms with Crippen LogP contribution in [0.5, 0.6) is 5.75 Å². The third kappa shape index (κ3) is 10.1. The summed E-state index contributed by atoms with van der Waals surface area (Å²) in [5, 5.41) is 0. The van der Waals surface area contributed by atoms with Gasteiger partial charge in [-0.15, -0.1) is 0 Å². The van der Waals surface area contributed by atoms with Gasteiger partial charge in [0.05, 0.1) is 4.47 Å². The van der Waals surface area contributed by atoms with Crippen LogP contribution in [0.4, 0.5) is 4.39 Å². The Labute approximate surface area is 175 Å². The lowest BCUT2D eigenvalue weighted by atomic mass is 10.1. The zero-order chi connectivity index (χ0) is 20.0. The minimum Gasteiger partial charge on any atom is -0.519 e. The highest BCUT2D eigenvalue weighted by molar-refractivity contribution is 9.10. The van der Waals surface area contributed by atoms with Crippen molar-refractivity contribution in [2.45, 2.75) is 97.1 Å². The van der Waals surface area contributed by atoms with Gasteiger partial charge in [-0.25, -0.2) is 4.39 Å². The molecule has 0 fully saturated rings. The summed E-state index contributed by atoms with van der Waals surface area (Å²) in [7, 11) is -2.28. The zero-order valence-corrected chi connectivity index (χ0v) is 20.1. The first-order chi connectivity index (χ1) is 13.1. The molecule has 0 unspecified atom stereocenters. The van der Waals surface area contributed by atoms with E-state index >= 15 is 0 Å². The molecule has 5 heteroatoms. The quantitative estimate of drug-likeness (QED) is 0.182. The van der Waals surface area contributed by atoms with Gasteiger partial charge in [0, 0.05) is 6.61 Å². The molecule has 0 saturated carbocycles. The lowest BCUT2D eigenvalue weighted by molar-refractivity contribution is 0.230. The van der Waals surface area contributed by atoms with Gasteiger partial charge in [0.2, 0.25) is 0 Å². The predicted octanol–water partition coefficient (Wildman–Crippen LogP) is 8.39. The zero-order valence-electron chi connectivity index (χ0n) is 17.5. The Bertz CT molecular complexity index is 509. The topological polar surface area (TPSA) is 18.5 Å². The molecule has 0 amide bonds. The minimum absolute atomic E-state index is 0.263. The van der Waals surface area contributed by atoms with Crippen molar-refractivity contribution in [1.82, 2.24) is 0 Å². The highest BCUT2D eigenvalue weighted by atomic mass is 79.9. The van der Waals surface area contributed by atoms with E-state index in [1.807, 2.05) is 0 Å². The number of halogens is 2. The van der Waals surface area contributed by atoms with Crippen LogP contribution in [-0.4, -0.2) is 15.2 Å². The normalized spacial score (nSPS) is 11.7. The highest BCUT2D eigenvalue weighted by Gasteiger charge is 2.36. The molecule has 0 aliphatic carbocycles. The highest BCUT2D eigenvalue weighted by Crippen LogP contribution is 2.31. The molecule has 0 heterocycles. The Morgan fingerprint density at radius 3 is 1.93 bits per heavy atom. The van der Waals surface area contributed by atoms with Gasteiger partial charge >= 0.3 is 8.56 Å². The van der Waals surface area contributed by atoms with Crippen LogP contribution in [0.3, 0.4) is 0 Å². The summed E-state index contributed by atoms with van der Waals surface area (Å²) in [6, 6.07) is 6.36. The molecule has 0 saturated heterocycles. The molecule has 1 aromatic carbocycles. The van der Waals surface area contributed by atoms with Gasteiger partial charge in [0.15, 0.2) is 0 Å². The van der Waals surface area contributed by atoms with Crippen LogP contribution in [-0.2, 0) is 4.43 Å². The van der Waals surface area contributed by atoms with E-state index in [0.29, 0.717) is 10.2 Å². The largest absolute Gasteiger partial charge is 0.519 e. The van der Waals surface area contributed by atoms with E-state index in [-0.39, 0.29) is 5.82 Å². The molecule has 1 aromatic rings. The number of hydrogen-bond donors (Lipinski definition) is 0. The van der Waals surface area contributed by atoms with Gasteiger partial charge in [0.25, 0.3) is 0 Å². The smallest absolute Gasteiger partial charge is 0.398 e. The van der Waals surface area contributed by atoms with Gasteiger partial charge in [-0.2, -0.15) is 0 Å². The van der Waals surface area contributed by atoms with Crippen molar-refractivity contribution in [3.05, 3.63) is 28.5 Å². The van der Waals surface area contributed by atoms with Crippen molar-refractivity contribution in [2.75, 3.05) is 6.61 Å². The summed E-state index contributed by atoms with van der Waals surface area (Å²) in [5.41, 5.74) is 0. The monoisotopic (exact) mass is 460 g/mol. The number of hydrogen-bond acceptors (Lipinski definition) is 2.